The van der Waals surface area contributed by atoms with Gasteiger partial charge in [-0.2, -0.15) is 0 Å². The van der Waals surface area contributed by atoms with E-state index in [2.05, 4.69) is 21.6 Å². The van der Waals surface area contributed by atoms with Crippen molar-refractivity contribution >= 4 is 11.8 Å². The van der Waals surface area contributed by atoms with Gasteiger partial charge in [0.2, 0.25) is 0 Å². The van der Waals surface area contributed by atoms with E-state index < -0.39 is 17.3 Å². The molecular weight excluding hydrogens is 554 g/mol. The molecule has 4 atom stereocenters. The SMILES string of the molecule is CCCCCCCC(=O)CC[C@@H]1[C@@H](CC=CCCCC(=O)OCCCN2CCN(CCCO[N+](=O)[O-])CC2)[C@@H](O)C[C@H]1O. The second-order valence-corrected chi connectivity index (χ2v) is 12.2. The maximum Gasteiger partial charge on any atom is 0.305 e. The van der Waals surface area contributed by atoms with Crippen LogP contribution in [0.1, 0.15) is 103 Å². The number of carbonyl (C=O) groups excluding carboxylic acids is 2. The van der Waals surface area contributed by atoms with E-state index >= 15 is 0 Å². The molecule has 1 aliphatic heterocycles. The van der Waals surface area contributed by atoms with E-state index in [0.29, 0.717) is 58.0 Å². The zero-order valence-corrected chi connectivity index (χ0v) is 26.4. The molecule has 0 aromatic rings. The lowest BCUT2D eigenvalue weighted by molar-refractivity contribution is -0.757. The van der Waals surface area contributed by atoms with Crippen molar-refractivity contribution in [2.75, 3.05) is 52.5 Å². The Morgan fingerprint density at radius 3 is 2.16 bits per heavy atom. The number of esters is 1. The molecular formula is C32H57N3O8. The summed E-state index contributed by atoms with van der Waals surface area (Å²) in [6, 6.07) is 0. The maximum absolute atomic E-state index is 12.3. The number of allylic oxidation sites excluding steroid dienone is 2. The molecule has 0 unspecified atom stereocenters. The number of aliphatic hydroxyl groups excluding tert-OH is 2. The number of ether oxygens (including phenoxy) is 1. The summed E-state index contributed by atoms with van der Waals surface area (Å²) in [6.07, 6.45) is 14.7. The highest BCUT2D eigenvalue weighted by Gasteiger charge is 2.40. The first-order valence-corrected chi connectivity index (χ1v) is 16.7. The number of nitrogens with zero attached hydrogens (tertiary/aromatic N) is 3. The summed E-state index contributed by atoms with van der Waals surface area (Å²) < 4.78 is 5.40. The van der Waals surface area contributed by atoms with Crippen LogP contribution in [-0.2, 0) is 19.2 Å². The number of piperazine rings is 1. The van der Waals surface area contributed by atoms with Crippen molar-refractivity contribution in [2.24, 2.45) is 11.8 Å². The van der Waals surface area contributed by atoms with Crippen LogP contribution in [0.15, 0.2) is 12.2 Å². The minimum Gasteiger partial charge on any atom is -0.466 e. The Kier molecular flexibility index (Phi) is 19.4. The standard InChI is InChI=1S/C32H57N3O8/c1-2-3-4-5-8-13-27(36)16-17-29-28(30(37)26-31(29)38)14-9-6-7-10-15-32(39)42-24-11-18-33-20-22-34(23-21-33)19-12-25-43-35(40)41/h6,9,28-31,37-38H,2-5,7-8,10-26H2,1H3/t28-,29-,30+,31-/m1/s1. The molecule has 1 aliphatic carbocycles. The van der Waals surface area contributed by atoms with Gasteiger partial charge in [-0.1, -0.05) is 44.8 Å². The Bertz CT molecular complexity index is 818. The van der Waals surface area contributed by atoms with Crippen molar-refractivity contribution in [3.8, 4) is 0 Å². The molecule has 11 heteroatoms. The number of unbranched alkanes of at least 4 members (excludes halogenated alkanes) is 5. The quantitative estimate of drug-likeness (QED) is 0.0533. The van der Waals surface area contributed by atoms with E-state index in [4.69, 9.17) is 4.74 Å². The molecule has 11 nitrogen and oxygen atoms in total. The van der Waals surface area contributed by atoms with Gasteiger partial charge in [0.1, 0.15) is 5.78 Å². The van der Waals surface area contributed by atoms with Crippen LogP contribution in [-0.4, -0.2) is 102 Å². The van der Waals surface area contributed by atoms with Crippen LogP contribution in [0.3, 0.4) is 0 Å². The Balaban J connectivity index is 1.50. The van der Waals surface area contributed by atoms with Gasteiger partial charge in [-0.3, -0.25) is 9.59 Å². The van der Waals surface area contributed by atoms with E-state index in [-0.39, 0.29) is 30.2 Å². The largest absolute Gasteiger partial charge is 0.466 e. The van der Waals surface area contributed by atoms with E-state index in [1.165, 1.54) is 19.3 Å². The van der Waals surface area contributed by atoms with Gasteiger partial charge in [0.25, 0.3) is 5.09 Å². The summed E-state index contributed by atoms with van der Waals surface area (Å²) in [5, 5.41) is 30.4. The van der Waals surface area contributed by atoms with E-state index in [9.17, 15) is 29.9 Å². The van der Waals surface area contributed by atoms with E-state index in [1.54, 1.807) is 0 Å². The zero-order chi connectivity index (χ0) is 31.3. The molecule has 0 aromatic heterocycles. The van der Waals surface area contributed by atoms with E-state index in [0.717, 1.165) is 65.0 Å². The minimum atomic E-state index is -0.751. The number of Topliss-reactive ketones (excluding diaryl/α,β-unsaturated/α-hetero) is 1. The highest BCUT2D eigenvalue weighted by molar-refractivity contribution is 5.78. The van der Waals surface area contributed by atoms with Crippen molar-refractivity contribution < 1.29 is 34.5 Å². The molecule has 1 heterocycles. The first-order valence-electron chi connectivity index (χ1n) is 16.7. The average Bonchev–Trinajstić information content (AvgIpc) is 3.25. The maximum atomic E-state index is 12.3. The lowest BCUT2D eigenvalue weighted by Crippen LogP contribution is -2.47. The van der Waals surface area contributed by atoms with Gasteiger partial charge >= 0.3 is 5.97 Å². The molecule has 2 rings (SSSR count). The first kappa shape index (κ1) is 37.1. The fourth-order valence-electron chi connectivity index (χ4n) is 6.23. The van der Waals surface area contributed by atoms with Crippen molar-refractivity contribution in [3.05, 3.63) is 22.3 Å². The topological polar surface area (TPSA) is 143 Å². The van der Waals surface area contributed by atoms with Crippen LogP contribution in [0.5, 0.6) is 0 Å². The van der Waals surface area contributed by atoms with E-state index in [1.807, 2.05) is 12.2 Å². The van der Waals surface area contributed by atoms with Gasteiger partial charge in [-0.25, -0.2) is 0 Å². The fraction of sp³-hybridized carbons (Fsp3) is 0.875. The lowest BCUT2D eigenvalue weighted by atomic mass is 9.86. The van der Waals surface area contributed by atoms with Crippen LogP contribution in [0, 0.1) is 22.0 Å². The van der Waals surface area contributed by atoms with Gasteiger partial charge in [-0.05, 0) is 63.2 Å². The normalized spacial score (nSPS) is 23.1. The first-order chi connectivity index (χ1) is 20.8. The van der Waals surface area contributed by atoms with Crippen LogP contribution >= 0.6 is 0 Å². The average molecular weight is 612 g/mol. The Morgan fingerprint density at radius 2 is 1.49 bits per heavy atom. The molecule has 248 valence electrons. The molecule has 0 radical (unpaired) electrons. The second-order valence-electron chi connectivity index (χ2n) is 12.2. The molecule has 0 amide bonds. The molecule has 1 saturated heterocycles. The summed E-state index contributed by atoms with van der Waals surface area (Å²) in [6.45, 7) is 8.12. The fourth-order valence-corrected chi connectivity index (χ4v) is 6.23. The van der Waals surface area contributed by atoms with Crippen LogP contribution in [0.2, 0.25) is 0 Å². The van der Waals surface area contributed by atoms with Gasteiger partial charge in [0.15, 0.2) is 0 Å². The number of rotatable bonds is 24. The Labute approximate surface area is 258 Å². The Hall–Kier alpha value is -2.08. The summed E-state index contributed by atoms with van der Waals surface area (Å²) in [4.78, 5) is 43.6. The predicted molar refractivity (Wildman–Crippen MR) is 165 cm³/mol. The van der Waals surface area contributed by atoms with Gasteiger partial charge < -0.3 is 29.6 Å². The molecule has 2 fully saturated rings. The molecule has 2 aliphatic rings. The lowest BCUT2D eigenvalue weighted by Gasteiger charge is -2.34. The summed E-state index contributed by atoms with van der Waals surface area (Å²) >= 11 is 0. The second kappa shape index (κ2) is 22.4. The minimum absolute atomic E-state index is 0.0353. The van der Waals surface area contributed by atoms with Crippen LogP contribution in [0.25, 0.3) is 0 Å². The molecule has 0 spiro atoms. The highest BCUT2D eigenvalue weighted by Crippen LogP contribution is 2.38. The molecule has 0 bridgehead atoms. The molecule has 1 saturated carbocycles. The van der Waals surface area contributed by atoms with Crippen molar-refractivity contribution in [1.82, 2.24) is 9.80 Å². The predicted octanol–water partition coefficient (Wildman–Crippen LogP) is 4.32. The smallest absolute Gasteiger partial charge is 0.305 e. The van der Waals surface area contributed by atoms with Crippen molar-refractivity contribution in [1.29, 1.82) is 0 Å². The number of hydrogen-bond donors (Lipinski definition) is 2. The number of ketones is 1. The van der Waals surface area contributed by atoms with Crippen LogP contribution in [0.4, 0.5) is 0 Å². The highest BCUT2D eigenvalue weighted by atomic mass is 16.9. The molecule has 0 aromatic carbocycles. The number of hydrogen-bond acceptors (Lipinski definition) is 10. The third kappa shape index (κ3) is 16.5. The summed E-state index contributed by atoms with van der Waals surface area (Å²) in [7, 11) is 0. The molecule has 2 N–H and O–H groups in total. The third-order valence-corrected chi connectivity index (χ3v) is 8.83. The summed E-state index contributed by atoms with van der Waals surface area (Å²) in [5.41, 5.74) is 0. The molecule has 43 heavy (non-hydrogen) atoms. The monoisotopic (exact) mass is 611 g/mol. The Morgan fingerprint density at radius 1 is 0.837 bits per heavy atom. The van der Waals surface area contributed by atoms with Crippen LogP contribution < -0.4 is 0 Å². The van der Waals surface area contributed by atoms with Gasteiger partial charge in [0, 0.05) is 58.5 Å². The van der Waals surface area contributed by atoms with Crippen molar-refractivity contribution in [2.45, 2.75) is 115 Å². The van der Waals surface area contributed by atoms with Crippen molar-refractivity contribution in [3.63, 3.8) is 0 Å². The van der Waals surface area contributed by atoms with Gasteiger partial charge in [-0.15, -0.1) is 10.1 Å². The summed E-state index contributed by atoms with van der Waals surface area (Å²) in [5.74, 6) is -0.00159. The number of carbonyl (C=O) groups is 2. The number of aliphatic hydroxyl groups is 2. The third-order valence-electron chi connectivity index (χ3n) is 8.83. The van der Waals surface area contributed by atoms with Gasteiger partial charge in [0.05, 0.1) is 25.4 Å². The zero-order valence-electron chi connectivity index (χ0n) is 26.4.